The van der Waals surface area contributed by atoms with E-state index in [1.54, 1.807) is 36.7 Å². The van der Waals surface area contributed by atoms with Gasteiger partial charge in [0.05, 0.1) is 0 Å². The third kappa shape index (κ3) is 8.30. The Morgan fingerprint density at radius 1 is 0.739 bits per heavy atom. The Morgan fingerprint density at radius 2 is 1.09 bits per heavy atom. The number of rotatable bonds is 4. The normalized spacial score (nSPS) is 10.2. The Balaban J connectivity index is 0.000000403. The van der Waals surface area contributed by atoms with Crippen molar-refractivity contribution in [1.82, 2.24) is 0 Å². The number of nitrogens with zero attached hydrogens (tertiary/aromatic N) is 2. The number of aromatic hydroxyl groups is 2. The van der Waals surface area contributed by atoms with Crippen LogP contribution in [0.1, 0.15) is 25.0 Å². The van der Waals surface area contributed by atoms with Gasteiger partial charge >= 0.3 is 0 Å². The van der Waals surface area contributed by atoms with Gasteiger partial charge in [-0.2, -0.15) is 0 Å². The van der Waals surface area contributed by atoms with Gasteiger partial charge in [-0.25, -0.2) is 0 Å². The fraction of sp³-hybridized carbons (Fsp3) is 0.222. The number of phenols is 2. The summed E-state index contributed by atoms with van der Waals surface area (Å²) >= 11 is 0. The molecule has 0 aliphatic carbocycles. The van der Waals surface area contributed by atoms with Crippen LogP contribution in [0.15, 0.2) is 58.5 Å². The zero-order valence-electron chi connectivity index (χ0n) is 13.3. The molecule has 126 valence electrons. The van der Waals surface area contributed by atoms with Gasteiger partial charge < -0.3 is 10.2 Å². The van der Waals surface area contributed by atoms with Gasteiger partial charge in [-0.15, -0.1) is 0 Å². The van der Waals surface area contributed by atoms with Crippen LogP contribution in [0, 0.1) is 0 Å². The maximum atomic E-state index is 9.25. The summed E-state index contributed by atoms with van der Waals surface area (Å²) in [7, 11) is 0. The number of benzene rings is 2. The standard InChI is InChI=1S/2C9H11NO.Pd/c2*1-2-10-7-8-5-3-4-6-9(8)11;/h2*3-7,11H,2H2,1H3;. The molecule has 2 aromatic rings. The van der Waals surface area contributed by atoms with E-state index in [0.29, 0.717) is 0 Å². The van der Waals surface area contributed by atoms with E-state index >= 15 is 0 Å². The average molecular weight is 405 g/mol. The molecular weight excluding hydrogens is 383 g/mol. The molecule has 0 amide bonds. The van der Waals surface area contributed by atoms with Crippen molar-refractivity contribution in [3.8, 4) is 11.5 Å². The van der Waals surface area contributed by atoms with Crippen LogP contribution in [0.5, 0.6) is 11.5 Å². The van der Waals surface area contributed by atoms with E-state index in [-0.39, 0.29) is 31.9 Å². The maximum absolute atomic E-state index is 9.25. The molecule has 5 heteroatoms. The molecule has 2 aromatic carbocycles. The first-order chi connectivity index (χ1) is 10.7. The van der Waals surface area contributed by atoms with Gasteiger partial charge in [0, 0.05) is 57.1 Å². The van der Waals surface area contributed by atoms with Gasteiger partial charge in [0.25, 0.3) is 0 Å². The van der Waals surface area contributed by atoms with Crippen LogP contribution in [-0.4, -0.2) is 35.7 Å². The first-order valence-electron chi connectivity index (χ1n) is 7.24. The second-order valence-corrected chi connectivity index (χ2v) is 4.37. The quantitative estimate of drug-likeness (QED) is 0.603. The minimum Gasteiger partial charge on any atom is -0.507 e. The summed E-state index contributed by atoms with van der Waals surface area (Å²) in [6.07, 6.45) is 3.35. The van der Waals surface area contributed by atoms with Crippen molar-refractivity contribution < 1.29 is 30.6 Å². The topological polar surface area (TPSA) is 65.2 Å². The van der Waals surface area contributed by atoms with Crippen molar-refractivity contribution in [3.05, 3.63) is 59.7 Å². The van der Waals surface area contributed by atoms with E-state index in [2.05, 4.69) is 9.98 Å². The van der Waals surface area contributed by atoms with Crippen LogP contribution in [0.25, 0.3) is 0 Å². The van der Waals surface area contributed by atoms with Crippen molar-refractivity contribution >= 4 is 12.4 Å². The third-order valence-corrected chi connectivity index (χ3v) is 2.70. The van der Waals surface area contributed by atoms with E-state index in [1.165, 1.54) is 0 Å². The minimum atomic E-state index is 0. The van der Waals surface area contributed by atoms with Crippen molar-refractivity contribution in [2.24, 2.45) is 9.98 Å². The Labute approximate surface area is 151 Å². The monoisotopic (exact) mass is 404 g/mol. The van der Waals surface area contributed by atoms with Gasteiger partial charge in [-0.3, -0.25) is 9.98 Å². The summed E-state index contributed by atoms with van der Waals surface area (Å²) in [5.41, 5.74) is 1.55. The van der Waals surface area contributed by atoms with Crippen LogP contribution >= 0.6 is 0 Å². The molecule has 0 unspecified atom stereocenters. The molecule has 0 aromatic heterocycles. The molecule has 2 N–H and O–H groups in total. The Hall–Kier alpha value is -1.96. The summed E-state index contributed by atoms with van der Waals surface area (Å²) in [6.45, 7) is 5.40. The predicted molar refractivity (Wildman–Crippen MR) is 92.5 cm³/mol. The van der Waals surface area contributed by atoms with E-state index in [1.807, 2.05) is 38.1 Å². The Bertz CT molecular complexity index is 572. The molecule has 0 aliphatic rings. The van der Waals surface area contributed by atoms with Crippen molar-refractivity contribution in [1.29, 1.82) is 0 Å². The van der Waals surface area contributed by atoms with Gasteiger partial charge in [0.15, 0.2) is 0 Å². The molecular formula is C18H22N2O2Pd. The molecule has 0 fully saturated rings. The van der Waals surface area contributed by atoms with Crippen molar-refractivity contribution in [3.63, 3.8) is 0 Å². The zero-order valence-corrected chi connectivity index (χ0v) is 14.8. The van der Waals surface area contributed by atoms with Crippen LogP contribution in [-0.2, 0) is 20.4 Å². The second-order valence-electron chi connectivity index (χ2n) is 4.37. The van der Waals surface area contributed by atoms with Crippen LogP contribution in [0.2, 0.25) is 0 Å². The third-order valence-electron chi connectivity index (χ3n) is 2.70. The summed E-state index contributed by atoms with van der Waals surface area (Å²) in [5, 5.41) is 18.5. The number of hydrogen-bond acceptors (Lipinski definition) is 4. The molecule has 0 radical (unpaired) electrons. The van der Waals surface area contributed by atoms with Gasteiger partial charge in [0.1, 0.15) is 11.5 Å². The first kappa shape index (κ1) is 21.0. The average Bonchev–Trinajstić information content (AvgIpc) is 2.54. The molecule has 4 nitrogen and oxygen atoms in total. The van der Waals surface area contributed by atoms with Gasteiger partial charge in [-0.1, -0.05) is 24.3 Å². The fourth-order valence-corrected chi connectivity index (χ4v) is 1.57. The second kappa shape index (κ2) is 12.6. The summed E-state index contributed by atoms with van der Waals surface area (Å²) in [5.74, 6) is 0.564. The summed E-state index contributed by atoms with van der Waals surface area (Å²) < 4.78 is 0. The number of aliphatic imine (C=N–C) groups is 2. The molecule has 0 heterocycles. The predicted octanol–water partition coefficient (Wildman–Crippen LogP) is 3.66. The molecule has 0 aliphatic heterocycles. The van der Waals surface area contributed by atoms with Gasteiger partial charge in [0.2, 0.25) is 0 Å². The number of para-hydroxylation sites is 2. The SMILES string of the molecule is CCN=Cc1ccccc1O.CCN=Cc1ccccc1O.[Pd]. The van der Waals surface area contributed by atoms with Crippen LogP contribution in [0.3, 0.4) is 0 Å². The first-order valence-corrected chi connectivity index (χ1v) is 7.24. The largest absolute Gasteiger partial charge is 0.507 e. The van der Waals surface area contributed by atoms with E-state index in [9.17, 15) is 10.2 Å². The molecule has 0 saturated carbocycles. The molecule has 0 atom stereocenters. The Morgan fingerprint density at radius 3 is 1.39 bits per heavy atom. The van der Waals surface area contributed by atoms with Crippen LogP contribution < -0.4 is 0 Å². The van der Waals surface area contributed by atoms with E-state index in [0.717, 1.165) is 24.2 Å². The molecule has 0 saturated heterocycles. The van der Waals surface area contributed by atoms with Crippen LogP contribution in [0.4, 0.5) is 0 Å². The van der Waals surface area contributed by atoms with Crippen molar-refractivity contribution in [2.45, 2.75) is 13.8 Å². The fourth-order valence-electron chi connectivity index (χ4n) is 1.57. The number of phenolic OH excluding ortho intramolecular Hbond substituents is 2. The molecule has 23 heavy (non-hydrogen) atoms. The van der Waals surface area contributed by atoms with E-state index < -0.39 is 0 Å². The number of hydrogen-bond donors (Lipinski definition) is 2. The molecule has 2 rings (SSSR count). The van der Waals surface area contributed by atoms with E-state index in [4.69, 9.17) is 0 Å². The Kier molecular flexibility index (Phi) is 11.5. The summed E-state index contributed by atoms with van der Waals surface area (Å²) in [6, 6.07) is 14.3. The molecule has 0 spiro atoms. The minimum absolute atomic E-state index is 0. The zero-order chi connectivity index (χ0) is 16.2. The smallest absolute Gasteiger partial charge is 0.124 e. The van der Waals surface area contributed by atoms with Crippen molar-refractivity contribution in [2.75, 3.05) is 13.1 Å². The summed E-state index contributed by atoms with van der Waals surface area (Å²) in [4.78, 5) is 8.04. The maximum Gasteiger partial charge on any atom is 0.124 e. The van der Waals surface area contributed by atoms with Gasteiger partial charge in [-0.05, 0) is 38.1 Å². The molecule has 0 bridgehead atoms.